The average molecular weight is 370 g/mol. The minimum absolute atomic E-state index is 0.000432. The van der Waals surface area contributed by atoms with Gasteiger partial charge in [-0.1, -0.05) is 24.3 Å². The Kier molecular flexibility index (Phi) is 5.86. The summed E-state index contributed by atoms with van der Waals surface area (Å²) >= 11 is 0. The summed E-state index contributed by atoms with van der Waals surface area (Å²) in [5.41, 5.74) is 1.00. The number of rotatable bonds is 5. The van der Waals surface area contributed by atoms with E-state index in [-0.39, 0.29) is 28.9 Å². The van der Waals surface area contributed by atoms with E-state index in [9.17, 15) is 19.1 Å². The zero-order valence-corrected chi connectivity index (χ0v) is 15.3. The summed E-state index contributed by atoms with van der Waals surface area (Å²) in [7, 11) is 2.04. The van der Waals surface area contributed by atoms with Crippen molar-refractivity contribution in [2.24, 2.45) is 0 Å². The van der Waals surface area contributed by atoms with Gasteiger partial charge in [0, 0.05) is 12.6 Å². The summed E-state index contributed by atoms with van der Waals surface area (Å²) in [4.78, 5) is 28.8. The van der Waals surface area contributed by atoms with E-state index in [0.717, 1.165) is 31.5 Å². The van der Waals surface area contributed by atoms with E-state index >= 15 is 0 Å². The maximum absolute atomic E-state index is 13.3. The number of carbonyl (C=O) groups is 2. The zero-order valence-electron chi connectivity index (χ0n) is 15.3. The highest BCUT2D eigenvalue weighted by atomic mass is 19.1. The van der Waals surface area contributed by atoms with Crippen LogP contribution < -0.4 is 0 Å². The van der Waals surface area contributed by atoms with Gasteiger partial charge in [0.2, 0.25) is 0 Å². The molecule has 0 unspecified atom stereocenters. The van der Waals surface area contributed by atoms with Crippen molar-refractivity contribution < 1.29 is 19.1 Å². The number of nitrogens with zero attached hydrogens (tertiary/aromatic N) is 2. The van der Waals surface area contributed by atoms with Crippen molar-refractivity contribution in [2.45, 2.75) is 25.4 Å². The van der Waals surface area contributed by atoms with Crippen LogP contribution in [-0.2, 0) is 6.54 Å². The summed E-state index contributed by atoms with van der Waals surface area (Å²) in [6.07, 6.45) is 1.64. The highest BCUT2D eigenvalue weighted by molar-refractivity contribution is 6.04. The first-order valence-electron chi connectivity index (χ1n) is 9.02. The average Bonchev–Trinajstić information content (AvgIpc) is 2.68. The van der Waals surface area contributed by atoms with E-state index < -0.39 is 5.97 Å². The van der Waals surface area contributed by atoms with Gasteiger partial charge >= 0.3 is 5.97 Å². The smallest absolute Gasteiger partial charge is 0.336 e. The molecule has 0 bridgehead atoms. The molecule has 1 saturated heterocycles. The van der Waals surface area contributed by atoms with E-state index in [1.54, 1.807) is 35.2 Å². The van der Waals surface area contributed by atoms with Crippen LogP contribution in [0.1, 0.15) is 39.1 Å². The Morgan fingerprint density at radius 3 is 2.26 bits per heavy atom. The third-order valence-corrected chi connectivity index (χ3v) is 5.04. The lowest BCUT2D eigenvalue weighted by atomic mass is 9.99. The summed E-state index contributed by atoms with van der Waals surface area (Å²) in [5, 5.41) is 9.44. The van der Waals surface area contributed by atoms with Crippen LogP contribution in [0, 0.1) is 5.82 Å². The number of benzene rings is 2. The number of carboxylic acids is 1. The van der Waals surface area contributed by atoms with Crippen LogP contribution in [0.15, 0.2) is 48.5 Å². The molecule has 1 amide bonds. The first-order chi connectivity index (χ1) is 13.0. The van der Waals surface area contributed by atoms with Crippen molar-refractivity contribution in [1.29, 1.82) is 0 Å². The van der Waals surface area contributed by atoms with E-state index in [0.29, 0.717) is 6.54 Å². The lowest BCUT2D eigenvalue weighted by Gasteiger charge is -2.37. The molecule has 5 nitrogen and oxygen atoms in total. The van der Waals surface area contributed by atoms with E-state index in [1.165, 1.54) is 18.2 Å². The number of hydrogen-bond acceptors (Lipinski definition) is 3. The molecular weight excluding hydrogens is 347 g/mol. The summed E-state index contributed by atoms with van der Waals surface area (Å²) in [5.74, 6) is -1.75. The fourth-order valence-electron chi connectivity index (χ4n) is 3.47. The van der Waals surface area contributed by atoms with Gasteiger partial charge in [-0.25, -0.2) is 9.18 Å². The molecule has 142 valence electrons. The molecule has 3 rings (SSSR count). The Bertz CT molecular complexity index is 814. The van der Waals surface area contributed by atoms with Crippen molar-refractivity contribution in [1.82, 2.24) is 9.80 Å². The van der Waals surface area contributed by atoms with Crippen molar-refractivity contribution in [3.05, 3.63) is 71.0 Å². The number of likely N-dealkylation sites (tertiary alicyclic amines) is 1. The SMILES string of the molecule is CN1CCC(N(Cc2ccc(F)cc2)C(=O)c2ccccc2C(=O)O)CC1. The molecule has 1 aliphatic rings. The van der Waals surface area contributed by atoms with Gasteiger partial charge in [0.1, 0.15) is 5.82 Å². The Morgan fingerprint density at radius 1 is 1.07 bits per heavy atom. The minimum Gasteiger partial charge on any atom is -0.478 e. The standard InChI is InChI=1S/C21H23FN2O3/c1-23-12-10-17(11-13-23)24(14-15-6-8-16(22)9-7-15)20(25)18-4-2-3-5-19(18)21(26)27/h2-9,17H,10-14H2,1H3,(H,26,27). The van der Waals surface area contributed by atoms with Crippen LogP contribution in [0.5, 0.6) is 0 Å². The summed E-state index contributed by atoms with van der Waals surface area (Å²) < 4.78 is 13.2. The number of aromatic carboxylic acids is 1. The second-order valence-electron chi connectivity index (χ2n) is 6.94. The van der Waals surface area contributed by atoms with Crippen LogP contribution in [0.2, 0.25) is 0 Å². The maximum Gasteiger partial charge on any atom is 0.336 e. The topological polar surface area (TPSA) is 60.9 Å². The van der Waals surface area contributed by atoms with Gasteiger partial charge in [0.25, 0.3) is 5.91 Å². The molecule has 0 aromatic heterocycles. The summed E-state index contributed by atoms with van der Waals surface area (Å²) in [6.45, 7) is 2.07. The minimum atomic E-state index is -1.12. The number of carboxylic acid groups (broad SMARTS) is 1. The van der Waals surface area contributed by atoms with Crippen LogP contribution in [0.4, 0.5) is 4.39 Å². The number of halogens is 1. The Labute approximate surface area is 158 Å². The van der Waals surface area contributed by atoms with E-state index in [1.807, 2.05) is 7.05 Å². The van der Waals surface area contributed by atoms with Gasteiger partial charge < -0.3 is 14.9 Å². The molecule has 0 aliphatic carbocycles. The highest BCUT2D eigenvalue weighted by Crippen LogP contribution is 2.23. The largest absolute Gasteiger partial charge is 0.478 e. The molecule has 1 heterocycles. The van der Waals surface area contributed by atoms with Gasteiger partial charge in [0.05, 0.1) is 11.1 Å². The monoisotopic (exact) mass is 370 g/mol. The third-order valence-electron chi connectivity index (χ3n) is 5.04. The Hall–Kier alpha value is -2.73. The van der Waals surface area contributed by atoms with Crippen LogP contribution in [0.3, 0.4) is 0 Å². The van der Waals surface area contributed by atoms with Gasteiger partial charge in [0.15, 0.2) is 0 Å². The molecule has 0 radical (unpaired) electrons. The van der Waals surface area contributed by atoms with Crippen LogP contribution >= 0.6 is 0 Å². The van der Waals surface area contributed by atoms with Gasteiger partial charge in [-0.15, -0.1) is 0 Å². The number of carbonyl (C=O) groups excluding carboxylic acids is 1. The molecule has 27 heavy (non-hydrogen) atoms. The third kappa shape index (κ3) is 4.52. The van der Waals surface area contributed by atoms with Crippen molar-refractivity contribution >= 4 is 11.9 Å². The van der Waals surface area contributed by atoms with Crippen molar-refractivity contribution in [2.75, 3.05) is 20.1 Å². The Balaban J connectivity index is 1.92. The fourth-order valence-corrected chi connectivity index (χ4v) is 3.47. The first-order valence-corrected chi connectivity index (χ1v) is 9.02. The fraction of sp³-hybridized carbons (Fsp3) is 0.333. The number of amides is 1. The van der Waals surface area contributed by atoms with Crippen molar-refractivity contribution in [3.63, 3.8) is 0 Å². The lowest BCUT2D eigenvalue weighted by Crippen LogP contribution is -2.46. The predicted molar refractivity (Wildman–Crippen MR) is 100 cm³/mol. The van der Waals surface area contributed by atoms with Crippen LogP contribution in [-0.4, -0.2) is 53.0 Å². The number of piperidine rings is 1. The molecule has 1 aliphatic heterocycles. The molecule has 1 N–H and O–H groups in total. The molecule has 0 atom stereocenters. The quantitative estimate of drug-likeness (QED) is 0.878. The number of hydrogen-bond donors (Lipinski definition) is 1. The Morgan fingerprint density at radius 2 is 1.67 bits per heavy atom. The molecule has 6 heteroatoms. The molecule has 0 saturated carbocycles. The first kappa shape index (κ1) is 19.0. The normalized spacial score (nSPS) is 15.5. The second-order valence-corrected chi connectivity index (χ2v) is 6.94. The molecular formula is C21H23FN2O3. The lowest BCUT2D eigenvalue weighted by molar-refractivity contribution is 0.0557. The van der Waals surface area contributed by atoms with Gasteiger partial charge in [-0.3, -0.25) is 4.79 Å². The second kappa shape index (κ2) is 8.31. The van der Waals surface area contributed by atoms with E-state index in [2.05, 4.69) is 4.90 Å². The summed E-state index contributed by atoms with van der Waals surface area (Å²) in [6, 6.07) is 12.4. The van der Waals surface area contributed by atoms with Gasteiger partial charge in [-0.05, 0) is 62.8 Å². The van der Waals surface area contributed by atoms with Crippen molar-refractivity contribution in [3.8, 4) is 0 Å². The molecule has 2 aromatic rings. The molecule has 0 spiro atoms. The van der Waals surface area contributed by atoms with Gasteiger partial charge in [-0.2, -0.15) is 0 Å². The predicted octanol–water partition coefficient (Wildman–Crippen LogP) is 3.26. The van der Waals surface area contributed by atoms with E-state index in [4.69, 9.17) is 0 Å². The highest BCUT2D eigenvalue weighted by Gasteiger charge is 2.29. The molecule has 1 fully saturated rings. The zero-order chi connectivity index (χ0) is 19.4. The maximum atomic E-state index is 13.3. The van der Waals surface area contributed by atoms with Crippen LogP contribution in [0.25, 0.3) is 0 Å². The molecule has 2 aromatic carbocycles.